The van der Waals surface area contributed by atoms with E-state index in [0.717, 1.165) is 4.57 Å². The van der Waals surface area contributed by atoms with E-state index < -0.39 is 17.2 Å². The molecule has 2 aromatic rings. The lowest BCUT2D eigenvalue weighted by Crippen LogP contribution is -2.42. The smallest absolute Gasteiger partial charge is 0.333 e. The van der Waals surface area contributed by atoms with Crippen LogP contribution in [0.25, 0.3) is 0 Å². The lowest BCUT2D eigenvalue weighted by molar-refractivity contribution is 0.348. The minimum Gasteiger partial charge on any atom is -0.423 e. The molecule has 1 atom stereocenters. The van der Waals surface area contributed by atoms with Gasteiger partial charge in [0.2, 0.25) is 11.8 Å². The maximum absolute atomic E-state index is 12.7. The van der Waals surface area contributed by atoms with Gasteiger partial charge < -0.3 is 10.5 Å². The van der Waals surface area contributed by atoms with Gasteiger partial charge in [0.15, 0.2) is 0 Å². The molecule has 8 heteroatoms. The molecule has 0 spiro atoms. The van der Waals surface area contributed by atoms with Gasteiger partial charge in [-0.3, -0.25) is 13.9 Å². The van der Waals surface area contributed by atoms with E-state index in [0.29, 0.717) is 10.6 Å². The molecule has 1 aliphatic heterocycles. The number of fused-ring (bicyclic) bond motifs is 1. The van der Waals surface area contributed by atoms with Gasteiger partial charge >= 0.3 is 5.69 Å². The number of nitrogens with zero attached hydrogens (tertiary/aromatic N) is 3. The number of rotatable bonds is 1. The third kappa shape index (κ3) is 2.12. The van der Waals surface area contributed by atoms with E-state index in [1.807, 2.05) is 6.07 Å². The minimum atomic E-state index is -0.807. The highest BCUT2D eigenvalue weighted by Gasteiger charge is 2.36. The fourth-order valence-corrected chi connectivity index (χ4v) is 3.05. The average Bonchev–Trinajstić information content (AvgIpc) is 2.57. The summed E-state index contributed by atoms with van der Waals surface area (Å²) in [6, 6.07) is 8.83. The van der Waals surface area contributed by atoms with Gasteiger partial charge in [-0.1, -0.05) is 29.8 Å². The summed E-state index contributed by atoms with van der Waals surface area (Å²) in [7, 11) is 2.83. The maximum atomic E-state index is 12.7. The molecule has 24 heavy (non-hydrogen) atoms. The first-order chi connectivity index (χ1) is 11.4. The molecule has 0 aliphatic carbocycles. The van der Waals surface area contributed by atoms with E-state index in [-0.39, 0.29) is 22.9 Å². The normalized spacial score (nSPS) is 16.3. The first-order valence-electron chi connectivity index (χ1n) is 7.00. The molecule has 0 unspecified atom stereocenters. The molecule has 1 aromatic heterocycles. The second-order valence-electron chi connectivity index (χ2n) is 5.37. The second kappa shape index (κ2) is 5.58. The number of aromatic nitrogens is 2. The highest BCUT2D eigenvalue weighted by atomic mass is 35.5. The van der Waals surface area contributed by atoms with Crippen molar-refractivity contribution >= 4 is 11.6 Å². The van der Waals surface area contributed by atoms with Crippen LogP contribution in [0.2, 0.25) is 5.02 Å². The van der Waals surface area contributed by atoms with Crippen LogP contribution >= 0.6 is 11.6 Å². The Morgan fingerprint density at radius 1 is 1.25 bits per heavy atom. The number of hydrogen-bond acceptors (Lipinski definition) is 5. The molecule has 3 rings (SSSR count). The summed E-state index contributed by atoms with van der Waals surface area (Å²) in [5.74, 6) is -0.944. The number of hydrogen-bond donors (Lipinski definition) is 1. The van der Waals surface area contributed by atoms with Crippen LogP contribution in [0.15, 0.2) is 45.3 Å². The molecular weight excluding hydrogens is 332 g/mol. The quantitative estimate of drug-likeness (QED) is 0.829. The molecule has 0 saturated heterocycles. The van der Waals surface area contributed by atoms with Crippen LogP contribution in [0.3, 0.4) is 0 Å². The van der Waals surface area contributed by atoms with Crippen LogP contribution in [0.1, 0.15) is 17.0 Å². The van der Waals surface area contributed by atoms with Gasteiger partial charge in [-0.2, -0.15) is 5.26 Å². The zero-order chi connectivity index (χ0) is 17.6. The number of allylic oxidation sites excluding steroid dienone is 1. The Bertz CT molecular complexity index is 1040. The fraction of sp³-hybridized carbons (Fsp3) is 0.188. The van der Waals surface area contributed by atoms with Gasteiger partial charge in [-0.25, -0.2) is 4.79 Å². The van der Waals surface area contributed by atoms with Gasteiger partial charge in [0, 0.05) is 19.1 Å². The molecule has 0 saturated carbocycles. The Kier molecular flexibility index (Phi) is 3.70. The molecule has 0 amide bonds. The van der Waals surface area contributed by atoms with Crippen LogP contribution in [0.4, 0.5) is 0 Å². The van der Waals surface area contributed by atoms with Crippen molar-refractivity contribution in [3.8, 4) is 11.9 Å². The van der Waals surface area contributed by atoms with E-state index in [2.05, 4.69) is 0 Å². The largest absolute Gasteiger partial charge is 0.423 e. The van der Waals surface area contributed by atoms with Crippen molar-refractivity contribution in [2.24, 2.45) is 19.8 Å². The maximum Gasteiger partial charge on any atom is 0.333 e. The summed E-state index contributed by atoms with van der Waals surface area (Å²) in [5, 5.41) is 9.89. The Balaban J connectivity index is 2.47. The molecule has 2 heterocycles. The number of nitrogens with two attached hydrogens (primary N) is 1. The first kappa shape index (κ1) is 15.9. The monoisotopic (exact) mass is 344 g/mol. The van der Waals surface area contributed by atoms with Crippen LogP contribution < -0.4 is 21.7 Å². The molecule has 0 bridgehead atoms. The van der Waals surface area contributed by atoms with E-state index in [4.69, 9.17) is 22.1 Å². The predicted octanol–water partition coefficient (Wildman–Crippen LogP) is 0.956. The average molecular weight is 345 g/mol. The highest BCUT2D eigenvalue weighted by Crippen LogP contribution is 2.41. The van der Waals surface area contributed by atoms with Crippen LogP contribution in [0, 0.1) is 11.3 Å². The summed E-state index contributed by atoms with van der Waals surface area (Å²) in [4.78, 5) is 24.8. The molecule has 1 aliphatic rings. The number of nitriles is 1. The summed E-state index contributed by atoms with van der Waals surface area (Å²) >= 11 is 6.27. The second-order valence-corrected chi connectivity index (χ2v) is 5.78. The lowest BCUT2D eigenvalue weighted by Gasteiger charge is -2.27. The van der Waals surface area contributed by atoms with Crippen molar-refractivity contribution in [1.29, 1.82) is 5.26 Å². The Morgan fingerprint density at radius 3 is 2.54 bits per heavy atom. The van der Waals surface area contributed by atoms with Gasteiger partial charge in [-0.05, 0) is 11.6 Å². The summed E-state index contributed by atoms with van der Waals surface area (Å²) in [6.07, 6.45) is 0. The molecule has 0 fully saturated rings. The van der Waals surface area contributed by atoms with E-state index in [9.17, 15) is 14.9 Å². The molecule has 122 valence electrons. The van der Waals surface area contributed by atoms with Crippen molar-refractivity contribution in [3.63, 3.8) is 0 Å². The summed E-state index contributed by atoms with van der Waals surface area (Å²) in [6.45, 7) is 0. The Hall–Kier alpha value is -2.98. The van der Waals surface area contributed by atoms with Crippen LogP contribution in [-0.4, -0.2) is 9.13 Å². The third-order valence-corrected chi connectivity index (χ3v) is 4.37. The topological polar surface area (TPSA) is 103 Å². The molecular formula is C16H13ClN4O3. The molecule has 1 aromatic carbocycles. The molecule has 7 nitrogen and oxygen atoms in total. The SMILES string of the molecule is Cn1c2c(c(=O)n(C)c1=O)[C@@H](c1ccccc1Cl)C(C#N)=C(N)O2. The third-order valence-electron chi connectivity index (χ3n) is 4.03. The summed E-state index contributed by atoms with van der Waals surface area (Å²) in [5.41, 5.74) is 5.52. The minimum absolute atomic E-state index is 0.0181. The Morgan fingerprint density at radius 2 is 1.92 bits per heavy atom. The van der Waals surface area contributed by atoms with Crippen molar-refractivity contribution in [2.45, 2.75) is 5.92 Å². The zero-order valence-electron chi connectivity index (χ0n) is 12.9. The van der Waals surface area contributed by atoms with Gasteiger partial charge in [0.25, 0.3) is 5.56 Å². The van der Waals surface area contributed by atoms with Gasteiger partial charge in [-0.15, -0.1) is 0 Å². The molecule has 2 N–H and O–H groups in total. The van der Waals surface area contributed by atoms with E-state index in [1.54, 1.807) is 24.3 Å². The zero-order valence-corrected chi connectivity index (χ0v) is 13.7. The predicted molar refractivity (Wildman–Crippen MR) is 87.7 cm³/mol. The highest BCUT2D eigenvalue weighted by molar-refractivity contribution is 6.31. The van der Waals surface area contributed by atoms with Crippen molar-refractivity contribution < 1.29 is 4.74 Å². The lowest BCUT2D eigenvalue weighted by atomic mass is 9.85. The molecule has 0 radical (unpaired) electrons. The number of halogens is 1. The van der Waals surface area contributed by atoms with Gasteiger partial charge in [0.1, 0.15) is 11.6 Å². The van der Waals surface area contributed by atoms with Crippen LogP contribution in [0.5, 0.6) is 5.88 Å². The first-order valence-corrected chi connectivity index (χ1v) is 7.38. The number of benzene rings is 1. The van der Waals surface area contributed by atoms with E-state index in [1.165, 1.54) is 18.7 Å². The van der Waals surface area contributed by atoms with E-state index >= 15 is 0 Å². The van der Waals surface area contributed by atoms with Crippen molar-refractivity contribution in [2.75, 3.05) is 0 Å². The summed E-state index contributed by atoms with van der Waals surface area (Å²) < 4.78 is 7.56. The van der Waals surface area contributed by atoms with Gasteiger partial charge in [0.05, 0.1) is 11.5 Å². The van der Waals surface area contributed by atoms with Crippen molar-refractivity contribution in [1.82, 2.24) is 9.13 Å². The fourth-order valence-electron chi connectivity index (χ4n) is 2.81. The van der Waals surface area contributed by atoms with Crippen LogP contribution in [-0.2, 0) is 14.1 Å². The Labute approximate surface area is 141 Å². The van der Waals surface area contributed by atoms with Crippen molar-refractivity contribution in [3.05, 3.63) is 72.7 Å². The standard InChI is InChI=1S/C16H13ClN4O3/c1-20-14(22)12-11(8-5-3-4-6-10(8)17)9(7-18)13(19)24-15(12)21(2)16(20)23/h3-6,11H,19H2,1-2H3/t11-/m0/s1. The number of ether oxygens (including phenoxy) is 1.